The lowest BCUT2D eigenvalue weighted by Gasteiger charge is -2.34. The molecule has 1 aliphatic heterocycles. The van der Waals surface area contributed by atoms with E-state index in [1.807, 2.05) is 70.5 Å². The molecule has 3 aromatic carbocycles. The monoisotopic (exact) mass is 548 g/mol. The molecule has 0 spiro atoms. The molecule has 5 rings (SSSR count). The highest BCUT2D eigenvalue weighted by Gasteiger charge is 2.33. The smallest absolute Gasteiger partial charge is 0.338 e. The van der Waals surface area contributed by atoms with E-state index >= 15 is 0 Å². The van der Waals surface area contributed by atoms with Crippen LogP contribution in [0.2, 0.25) is 0 Å². The molecule has 0 bridgehead atoms. The fourth-order valence-electron chi connectivity index (χ4n) is 4.26. The normalized spacial score (nSPS) is 14.0. The SMILES string of the molecule is O=C(CN1CCN(c2nc(Nc3ccccc3)nc(Nc3ccccc3)n2)CC1)Nc1ccccc1C(F)(F)F. The van der Waals surface area contributed by atoms with Crippen LogP contribution >= 0.6 is 0 Å². The van der Waals surface area contributed by atoms with Gasteiger partial charge in [-0.05, 0) is 36.4 Å². The molecule has 2 heterocycles. The lowest BCUT2D eigenvalue weighted by atomic mass is 10.1. The second kappa shape index (κ2) is 12.0. The van der Waals surface area contributed by atoms with E-state index in [-0.39, 0.29) is 12.2 Å². The van der Waals surface area contributed by atoms with Crippen molar-refractivity contribution in [2.75, 3.05) is 53.6 Å². The van der Waals surface area contributed by atoms with Crippen molar-refractivity contribution in [1.29, 1.82) is 0 Å². The van der Waals surface area contributed by atoms with Gasteiger partial charge in [-0.25, -0.2) is 0 Å². The molecule has 1 amide bonds. The molecule has 1 aliphatic rings. The first kappa shape index (κ1) is 26.9. The number of alkyl halides is 3. The number of nitrogens with zero attached hydrogens (tertiary/aromatic N) is 5. The molecule has 0 aliphatic carbocycles. The number of hydrogen-bond donors (Lipinski definition) is 3. The van der Waals surface area contributed by atoms with Crippen molar-refractivity contribution in [3.8, 4) is 0 Å². The summed E-state index contributed by atoms with van der Waals surface area (Å²) in [5.74, 6) is 0.712. The zero-order valence-corrected chi connectivity index (χ0v) is 21.4. The van der Waals surface area contributed by atoms with Crippen LogP contribution in [-0.4, -0.2) is 58.5 Å². The molecule has 0 radical (unpaired) electrons. The summed E-state index contributed by atoms with van der Waals surface area (Å²) in [4.78, 5) is 30.2. The predicted molar refractivity (Wildman–Crippen MR) is 148 cm³/mol. The van der Waals surface area contributed by atoms with Crippen molar-refractivity contribution in [1.82, 2.24) is 19.9 Å². The quantitative estimate of drug-likeness (QED) is 0.279. The maximum absolute atomic E-state index is 13.3. The molecule has 1 aromatic heterocycles. The zero-order valence-electron chi connectivity index (χ0n) is 21.4. The number of anilines is 6. The van der Waals surface area contributed by atoms with Gasteiger partial charge in [-0.2, -0.15) is 28.1 Å². The Balaban J connectivity index is 1.25. The number of carbonyl (C=O) groups excluding carboxylic acids is 1. The lowest BCUT2D eigenvalue weighted by molar-refractivity contribution is -0.137. The van der Waals surface area contributed by atoms with Crippen LogP contribution in [0.1, 0.15) is 5.56 Å². The van der Waals surface area contributed by atoms with Crippen molar-refractivity contribution >= 4 is 40.8 Å². The number of para-hydroxylation sites is 3. The van der Waals surface area contributed by atoms with Gasteiger partial charge in [0.05, 0.1) is 17.8 Å². The van der Waals surface area contributed by atoms with E-state index < -0.39 is 17.6 Å². The zero-order chi connectivity index (χ0) is 28.0. The van der Waals surface area contributed by atoms with Crippen molar-refractivity contribution in [2.45, 2.75) is 6.18 Å². The molecule has 4 aromatic rings. The van der Waals surface area contributed by atoms with E-state index in [4.69, 9.17) is 0 Å². The van der Waals surface area contributed by atoms with E-state index in [1.165, 1.54) is 18.2 Å². The summed E-state index contributed by atoms with van der Waals surface area (Å²) in [5, 5.41) is 8.83. The Kier molecular flexibility index (Phi) is 8.06. The van der Waals surface area contributed by atoms with Crippen molar-refractivity contribution in [3.05, 3.63) is 90.5 Å². The number of benzene rings is 3. The average Bonchev–Trinajstić information content (AvgIpc) is 2.94. The van der Waals surface area contributed by atoms with Gasteiger partial charge in [0.2, 0.25) is 23.8 Å². The molecular weight excluding hydrogens is 521 g/mol. The standard InChI is InChI=1S/C28H27F3N8O/c29-28(30,31)22-13-7-8-14-23(22)34-24(40)19-38-15-17-39(18-16-38)27-36-25(32-20-9-3-1-4-10-20)35-26(37-27)33-21-11-5-2-6-12-21/h1-14H,15-19H2,(H,34,40)(H2,32,33,35,36,37). The molecular formula is C28H27F3N8O. The molecule has 12 heteroatoms. The van der Waals surface area contributed by atoms with E-state index in [1.54, 1.807) is 0 Å². The molecule has 206 valence electrons. The van der Waals surface area contributed by atoms with Gasteiger partial charge in [0, 0.05) is 37.6 Å². The molecule has 0 unspecified atom stereocenters. The third-order valence-corrected chi connectivity index (χ3v) is 6.21. The van der Waals surface area contributed by atoms with Crippen LogP contribution in [-0.2, 0) is 11.0 Å². The minimum atomic E-state index is -4.55. The van der Waals surface area contributed by atoms with Crippen LogP contribution < -0.4 is 20.9 Å². The minimum absolute atomic E-state index is 0.0289. The van der Waals surface area contributed by atoms with Crippen molar-refractivity contribution in [2.24, 2.45) is 0 Å². The third kappa shape index (κ3) is 7.03. The Hall–Kier alpha value is -4.71. The summed E-state index contributed by atoms with van der Waals surface area (Å²) in [6, 6.07) is 24.0. The van der Waals surface area contributed by atoms with Gasteiger partial charge in [-0.15, -0.1) is 0 Å². The van der Waals surface area contributed by atoms with Crippen LogP contribution in [0, 0.1) is 0 Å². The number of rotatable bonds is 8. The summed E-state index contributed by atoms with van der Waals surface area (Å²) in [7, 11) is 0. The summed E-state index contributed by atoms with van der Waals surface area (Å²) in [6.07, 6.45) is -4.55. The number of piperazine rings is 1. The Morgan fingerprint density at radius 2 is 1.25 bits per heavy atom. The van der Waals surface area contributed by atoms with E-state index in [9.17, 15) is 18.0 Å². The molecule has 1 fully saturated rings. The fourth-order valence-corrected chi connectivity index (χ4v) is 4.26. The molecule has 0 saturated carbocycles. The number of amides is 1. The van der Waals surface area contributed by atoms with Crippen LogP contribution in [0.5, 0.6) is 0 Å². The summed E-state index contributed by atoms with van der Waals surface area (Å²) >= 11 is 0. The maximum Gasteiger partial charge on any atom is 0.418 e. The highest BCUT2D eigenvalue weighted by Crippen LogP contribution is 2.34. The van der Waals surface area contributed by atoms with Gasteiger partial charge in [-0.1, -0.05) is 48.5 Å². The highest BCUT2D eigenvalue weighted by atomic mass is 19.4. The van der Waals surface area contributed by atoms with Gasteiger partial charge in [0.1, 0.15) is 0 Å². The molecule has 0 atom stereocenters. The van der Waals surface area contributed by atoms with Gasteiger partial charge in [-0.3, -0.25) is 9.69 Å². The summed E-state index contributed by atoms with van der Waals surface area (Å²) < 4.78 is 39.8. The molecule has 3 N–H and O–H groups in total. The first-order valence-electron chi connectivity index (χ1n) is 12.7. The summed E-state index contributed by atoms with van der Waals surface area (Å²) in [6.45, 7) is 2.02. The van der Waals surface area contributed by atoms with Crippen molar-refractivity contribution in [3.63, 3.8) is 0 Å². The Labute approximate surface area is 229 Å². The number of aromatic nitrogens is 3. The van der Waals surface area contributed by atoms with Crippen molar-refractivity contribution < 1.29 is 18.0 Å². The Morgan fingerprint density at radius 1 is 0.725 bits per heavy atom. The highest BCUT2D eigenvalue weighted by molar-refractivity contribution is 5.93. The average molecular weight is 549 g/mol. The number of carbonyl (C=O) groups is 1. The van der Waals surface area contributed by atoms with Gasteiger partial charge < -0.3 is 20.9 Å². The summed E-state index contributed by atoms with van der Waals surface area (Å²) in [5.41, 5.74) is 0.532. The maximum atomic E-state index is 13.3. The Bertz CT molecular complexity index is 1370. The fraction of sp³-hybridized carbons (Fsp3) is 0.214. The van der Waals surface area contributed by atoms with Crippen LogP contribution in [0.25, 0.3) is 0 Å². The van der Waals surface area contributed by atoms with Crippen LogP contribution in [0.4, 0.5) is 48.1 Å². The minimum Gasteiger partial charge on any atom is -0.338 e. The number of halogens is 3. The predicted octanol–water partition coefficient (Wildman–Crippen LogP) is 5.14. The molecule has 1 saturated heterocycles. The second-order valence-corrected chi connectivity index (χ2v) is 9.12. The Morgan fingerprint density at radius 3 is 1.80 bits per heavy atom. The van der Waals surface area contributed by atoms with Gasteiger partial charge >= 0.3 is 6.18 Å². The van der Waals surface area contributed by atoms with Gasteiger partial charge in [0.25, 0.3) is 0 Å². The van der Waals surface area contributed by atoms with E-state index in [2.05, 4.69) is 30.9 Å². The molecule has 9 nitrogen and oxygen atoms in total. The first-order valence-corrected chi connectivity index (χ1v) is 12.7. The van der Waals surface area contributed by atoms with E-state index in [0.29, 0.717) is 44.0 Å². The first-order chi connectivity index (χ1) is 19.3. The second-order valence-electron chi connectivity index (χ2n) is 9.12. The van der Waals surface area contributed by atoms with Crippen LogP contribution in [0.15, 0.2) is 84.9 Å². The third-order valence-electron chi connectivity index (χ3n) is 6.21. The topological polar surface area (TPSA) is 98.3 Å². The largest absolute Gasteiger partial charge is 0.418 e. The van der Waals surface area contributed by atoms with Gasteiger partial charge in [0.15, 0.2) is 0 Å². The number of hydrogen-bond acceptors (Lipinski definition) is 8. The van der Waals surface area contributed by atoms with E-state index in [0.717, 1.165) is 17.4 Å². The lowest BCUT2D eigenvalue weighted by Crippen LogP contribution is -2.49. The number of nitrogens with one attached hydrogen (secondary N) is 3. The van der Waals surface area contributed by atoms with Crippen LogP contribution in [0.3, 0.4) is 0 Å². The molecule has 40 heavy (non-hydrogen) atoms.